The number of hydrogen-bond donors (Lipinski definition) is 1. The van der Waals surface area contributed by atoms with E-state index in [0.717, 1.165) is 23.3 Å². The van der Waals surface area contributed by atoms with E-state index < -0.39 is 23.6 Å². The number of aryl methyl sites for hydroxylation is 2. The van der Waals surface area contributed by atoms with Crippen molar-refractivity contribution in [2.45, 2.75) is 26.9 Å². The molecule has 22 heavy (non-hydrogen) atoms. The third-order valence-corrected chi connectivity index (χ3v) is 3.06. The van der Waals surface area contributed by atoms with Crippen molar-refractivity contribution in [2.24, 2.45) is 0 Å². The third kappa shape index (κ3) is 4.04. The fraction of sp³-hybridized carbons (Fsp3) is 0.235. The van der Waals surface area contributed by atoms with Crippen molar-refractivity contribution in [3.63, 3.8) is 0 Å². The number of amides is 1. The number of hydrogen-bond acceptors (Lipinski definition) is 2. The minimum absolute atomic E-state index is 0.180. The molecule has 116 valence electrons. The summed E-state index contributed by atoms with van der Waals surface area (Å²) in [6.45, 7) is 5.46. The molecule has 0 saturated carbocycles. The second-order valence-corrected chi connectivity index (χ2v) is 5.20. The van der Waals surface area contributed by atoms with Gasteiger partial charge >= 0.3 is 0 Å². The van der Waals surface area contributed by atoms with Crippen LogP contribution in [0, 0.1) is 25.5 Å². The van der Waals surface area contributed by atoms with Crippen molar-refractivity contribution in [1.82, 2.24) is 0 Å². The van der Waals surface area contributed by atoms with Crippen LogP contribution >= 0.6 is 0 Å². The van der Waals surface area contributed by atoms with E-state index in [1.165, 1.54) is 6.07 Å². The van der Waals surface area contributed by atoms with Gasteiger partial charge in [-0.25, -0.2) is 8.78 Å². The minimum atomic E-state index is -1.01. The van der Waals surface area contributed by atoms with Gasteiger partial charge < -0.3 is 10.1 Å². The highest BCUT2D eigenvalue weighted by Crippen LogP contribution is 2.18. The molecule has 0 heterocycles. The summed E-state index contributed by atoms with van der Waals surface area (Å²) in [5.74, 6) is -1.83. The number of ether oxygens (including phenoxy) is 1. The Kier molecular flexibility index (Phi) is 4.75. The van der Waals surface area contributed by atoms with Gasteiger partial charge in [-0.1, -0.05) is 6.07 Å². The van der Waals surface area contributed by atoms with Gasteiger partial charge in [0.1, 0.15) is 5.75 Å². The highest BCUT2D eigenvalue weighted by Gasteiger charge is 2.16. The maximum atomic E-state index is 13.1. The van der Waals surface area contributed by atoms with Gasteiger partial charge in [0.2, 0.25) is 0 Å². The molecule has 1 atom stereocenters. The van der Waals surface area contributed by atoms with Crippen LogP contribution in [-0.4, -0.2) is 12.0 Å². The highest BCUT2D eigenvalue weighted by molar-refractivity contribution is 5.94. The van der Waals surface area contributed by atoms with Gasteiger partial charge in [0.25, 0.3) is 5.91 Å². The van der Waals surface area contributed by atoms with Crippen LogP contribution in [0.4, 0.5) is 14.5 Å². The zero-order valence-electron chi connectivity index (χ0n) is 12.6. The van der Waals surface area contributed by atoms with Gasteiger partial charge in [-0.15, -0.1) is 0 Å². The first-order chi connectivity index (χ1) is 10.3. The van der Waals surface area contributed by atoms with Crippen LogP contribution in [0.25, 0.3) is 0 Å². The lowest BCUT2D eigenvalue weighted by Crippen LogP contribution is -2.30. The van der Waals surface area contributed by atoms with Crippen LogP contribution in [0.2, 0.25) is 0 Å². The fourth-order valence-electron chi connectivity index (χ4n) is 2.08. The van der Waals surface area contributed by atoms with E-state index in [-0.39, 0.29) is 5.69 Å². The predicted molar refractivity (Wildman–Crippen MR) is 81.0 cm³/mol. The van der Waals surface area contributed by atoms with Crippen molar-refractivity contribution in [2.75, 3.05) is 5.32 Å². The van der Waals surface area contributed by atoms with E-state index in [9.17, 15) is 13.6 Å². The first kappa shape index (κ1) is 15.9. The summed E-state index contributed by atoms with van der Waals surface area (Å²) in [5.41, 5.74) is 2.24. The van der Waals surface area contributed by atoms with Gasteiger partial charge in [0, 0.05) is 11.8 Å². The van der Waals surface area contributed by atoms with Gasteiger partial charge in [0.05, 0.1) is 0 Å². The minimum Gasteiger partial charge on any atom is -0.481 e. The average molecular weight is 305 g/mol. The van der Waals surface area contributed by atoms with Crippen molar-refractivity contribution in [3.8, 4) is 5.75 Å². The zero-order chi connectivity index (χ0) is 16.3. The molecule has 0 unspecified atom stereocenters. The van der Waals surface area contributed by atoms with Crippen LogP contribution in [0.15, 0.2) is 36.4 Å². The second kappa shape index (κ2) is 6.56. The van der Waals surface area contributed by atoms with Crippen molar-refractivity contribution < 1.29 is 18.3 Å². The number of benzene rings is 2. The van der Waals surface area contributed by atoms with Gasteiger partial charge in [-0.2, -0.15) is 0 Å². The number of halogens is 2. The molecule has 2 aromatic carbocycles. The molecule has 0 aromatic heterocycles. The molecule has 0 aliphatic rings. The summed E-state index contributed by atoms with van der Waals surface area (Å²) < 4.78 is 31.5. The van der Waals surface area contributed by atoms with E-state index >= 15 is 0 Å². The average Bonchev–Trinajstić information content (AvgIpc) is 2.41. The van der Waals surface area contributed by atoms with Crippen LogP contribution in [0.5, 0.6) is 5.75 Å². The van der Waals surface area contributed by atoms with E-state index in [1.54, 1.807) is 6.92 Å². The Hall–Kier alpha value is -2.43. The molecule has 0 aliphatic heterocycles. The number of anilines is 1. The monoisotopic (exact) mass is 305 g/mol. The number of carbonyl (C=O) groups is 1. The van der Waals surface area contributed by atoms with Crippen molar-refractivity contribution in [1.29, 1.82) is 0 Å². The normalized spacial score (nSPS) is 11.9. The Morgan fingerprint density at radius 1 is 1.05 bits per heavy atom. The Morgan fingerprint density at radius 2 is 1.68 bits per heavy atom. The van der Waals surface area contributed by atoms with Crippen LogP contribution in [0.3, 0.4) is 0 Å². The lowest BCUT2D eigenvalue weighted by molar-refractivity contribution is -0.122. The van der Waals surface area contributed by atoms with Crippen LogP contribution in [0.1, 0.15) is 18.1 Å². The smallest absolute Gasteiger partial charge is 0.265 e. The summed E-state index contributed by atoms with van der Waals surface area (Å²) in [7, 11) is 0. The highest BCUT2D eigenvalue weighted by atomic mass is 19.2. The van der Waals surface area contributed by atoms with Crippen LogP contribution < -0.4 is 10.1 Å². The maximum Gasteiger partial charge on any atom is 0.265 e. The second-order valence-electron chi connectivity index (χ2n) is 5.20. The predicted octanol–water partition coefficient (Wildman–Crippen LogP) is 3.99. The standard InChI is InChI=1S/C17H17F2NO2/c1-10-6-11(2)8-14(7-10)22-12(3)17(21)20-13-4-5-15(18)16(19)9-13/h4-9,12H,1-3H3,(H,20,21)/t12-/m1/s1. The van der Waals surface area contributed by atoms with Crippen LogP contribution in [-0.2, 0) is 4.79 Å². The molecule has 0 spiro atoms. The summed E-state index contributed by atoms with van der Waals surface area (Å²) in [6.07, 6.45) is -0.769. The SMILES string of the molecule is Cc1cc(C)cc(O[C@H](C)C(=O)Nc2ccc(F)c(F)c2)c1. The Bertz CT molecular complexity index is 681. The summed E-state index contributed by atoms with van der Waals surface area (Å²) in [5, 5.41) is 2.49. The maximum absolute atomic E-state index is 13.1. The number of nitrogens with one attached hydrogen (secondary N) is 1. The Labute approximate surface area is 127 Å². The van der Waals surface area contributed by atoms with Gasteiger partial charge in [0.15, 0.2) is 17.7 Å². The Balaban J connectivity index is 2.04. The molecular formula is C17H17F2NO2. The van der Waals surface area contributed by atoms with Gasteiger partial charge in [-0.3, -0.25) is 4.79 Å². The summed E-state index contributed by atoms with van der Waals surface area (Å²) >= 11 is 0. The van der Waals surface area contributed by atoms with E-state index in [2.05, 4.69) is 5.32 Å². The molecule has 0 radical (unpaired) electrons. The quantitative estimate of drug-likeness (QED) is 0.927. The molecule has 5 heteroatoms. The van der Waals surface area contributed by atoms with Crippen molar-refractivity contribution in [3.05, 3.63) is 59.2 Å². The molecular weight excluding hydrogens is 288 g/mol. The van der Waals surface area contributed by atoms with Gasteiger partial charge in [-0.05, 0) is 56.2 Å². The third-order valence-electron chi connectivity index (χ3n) is 3.06. The van der Waals surface area contributed by atoms with E-state index in [0.29, 0.717) is 5.75 Å². The summed E-state index contributed by atoms with van der Waals surface area (Å²) in [6, 6.07) is 8.83. The molecule has 3 nitrogen and oxygen atoms in total. The summed E-state index contributed by atoms with van der Waals surface area (Å²) in [4.78, 5) is 12.0. The number of rotatable bonds is 4. The largest absolute Gasteiger partial charge is 0.481 e. The van der Waals surface area contributed by atoms with E-state index in [4.69, 9.17) is 4.74 Å². The molecule has 0 aliphatic carbocycles. The Morgan fingerprint density at radius 3 is 2.27 bits per heavy atom. The zero-order valence-corrected chi connectivity index (χ0v) is 12.6. The van der Waals surface area contributed by atoms with E-state index in [1.807, 2.05) is 32.0 Å². The number of carbonyl (C=O) groups excluding carboxylic acids is 1. The molecule has 1 N–H and O–H groups in total. The lowest BCUT2D eigenvalue weighted by atomic mass is 10.1. The van der Waals surface area contributed by atoms with Crippen molar-refractivity contribution >= 4 is 11.6 Å². The first-order valence-electron chi connectivity index (χ1n) is 6.86. The fourth-order valence-corrected chi connectivity index (χ4v) is 2.08. The topological polar surface area (TPSA) is 38.3 Å². The molecule has 0 bridgehead atoms. The molecule has 1 amide bonds. The molecule has 0 fully saturated rings. The first-order valence-corrected chi connectivity index (χ1v) is 6.86. The molecule has 0 saturated heterocycles. The molecule has 2 aromatic rings. The lowest BCUT2D eigenvalue weighted by Gasteiger charge is -2.15. The molecule has 2 rings (SSSR count).